The zero-order chi connectivity index (χ0) is 17.1. The van der Waals surface area contributed by atoms with Gasteiger partial charge in [0.2, 0.25) is 0 Å². The van der Waals surface area contributed by atoms with E-state index in [9.17, 15) is 9.90 Å². The Kier molecular flexibility index (Phi) is 4.12. The van der Waals surface area contributed by atoms with Crippen molar-refractivity contribution in [2.24, 2.45) is 46.2 Å². The van der Waals surface area contributed by atoms with Crippen LogP contribution in [-0.4, -0.2) is 23.5 Å². The fourth-order valence-electron chi connectivity index (χ4n) is 7.91. The molecular weight excluding hydrogens is 298 g/mol. The van der Waals surface area contributed by atoms with E-state index >= 15 is 0 Å². The van der Waals surface area contributed by atoms with Crippen molar-refractivity contribution >= 4 is 5.78 Å². The number of Topliss-reactive ketones (excluding diaryl/α,β-unsaturated/α-hetero) is 1. The molecule has 3 heteroatoms. The van der Waals surface area contributed by atoms with E-state index in [0.29, 0.717) is 11.2 Å². The molecule has 0 amide bonds. The lowest BCUT2D eigenvalue weighted by molar-refractivity contribution is -0.138. The van der Waals surface area contributed by atoms with E-state index in [1.54, 1.807) is 0 Å². The van der Waals surface area contributed by atoms with Gasteiger partial charge in [-0.05, 0) is 92.3 Å². The van der Waals surface area contributed by atoms with Gasteiger partial charge in [-0.25, -0.2) is 0 Å². The molecule has 0 spiro atoms. The highest BCUT2D eigenvalue weighted by molar-refractivity contribution is 5.84. The van der Waals surface area contributed by atoms with E-state index in [4.69, 9.17) is 5.73 Å². The molecule has 4 rings (SSSR count). The van der Waals surface area contributed by atoms with Crippen LogP contribution in [-0.2, 0) is 4.79 Å². The number of ketones is 1. The number of hydrogen-bond acceptors (Lipinski definition) is 3. The van der Waals surface area contributed by atoms with Gasteiger partial charge in [0.05, 0.1) is 12.6 Å². The number of hydrogen-bond donors (Lipinski definition) is 2. The standard InChI is InChI=1S/C21H35NO2/c1-20-9-7-14(23)11-13(20)3-4-15-16-5-6-18(19(24)12-22)21(16,2)10-8-17(15)20/h13-18,23H,3-12,22H2,1-2H3/t13?,14-,15+,16+,17+,18-,20+,21+/m1/s1. The average molecular weight is 334 g/mol. The maximum Gasteiger partial charge on any atom is 0.150 e. The first-order valence-corrected chi connectivity index (χ1v) is 10.3. The van der Waals surface area contributed by atoms with Gasteiger partial charge in [0.15, 0.2) is 0 Å². The zero-order valence-electron chi connectivity index (χ0n) is 15.5. The highest BCUT2D eigenvalue weighted by Crippen LogP contribution is 2.67. The number of carbonyl (C=O) groups excluding carboxylic acids is 1. The first-order valence-electron chi connectivity index (χ1n) is 10.3. The van der Waals surface area contributed by atoms with Crippen LogP contribution in [0.25, 0.3) is 0 Å². The van der Waals surface area contributed by atoms with Crippen LogP contribution in [0.3, 0.4) is 0 Å². The molecule has 0 aromatic carbocycles. The minimum atomic E-state index is -0.0634. The van der Waals surface area contributed by atoms with Crippen LogP contribution >= 0.6 is 0 Å². The molecular formula is C21H35NO2. The van der Waals surface area contributed by atoms with Gasteiger partial charge in [0.25, 0.3) is 0 Å². The second-order valence-electron chi connectivity index (χ2n) is 9.93. The molecule has 4 saturated carbocycles. The van der Waals surface area contributed by atoms with Gasteiger partial charge < -0.3 is 10.8 Å². The molecule has 136 valence electrons. The number of fused-ring (bicyclic) bond motifs is 5. The van der Waals surface area contributed by atoms with E-state index in [-0.39, 0.29) is 24.0 Å². The topological polar surface area (TPSA) is 63.3 Å². The zero-order valence-corrected chi connectivity index (χ0v) is 15.5. The summed E-state index contributed by atoms with van der Waals surface area (Å²) >= 11 is 0. The van der Waals surface area contributed by atoms with Gasteiger partial charge in [-0.2, -0.15) is 0 Å². The molecule has 0 saturated heterocycles. The number of rotatable bonds is 2. The number of aliphatic hydroxyl groups excluding tert-OH is 1. The van der Waals surface area contributed by atoms with Gasteiger partial charge in [-0.3, -0.25) is 4.79 Å². The molecule has 3 nitrogen and oxygen atoms in total. The molecule has 0 bridgehead atoms. The normalized spacial score (nSPS) is 53.8. The molecule has 0 heterocycles. The Bertz CT molecular complexity index is 520. The van der Waals surface area contributed by atoms with Crippen LogP contribution < -0.4 is 5.73 Å². The maximum atomic E-state index is 12.4. The van der Waals surface area contributed by atoms with E-state index in [1.807, 2.05) is 0 Å². The molecule has 24 heavy (non-hydrogen) atoms. The predicted molar refractivity (Wildman–Crippen MR) is 95.3 cm³/mol. The fraction of sp³-hybridized carbons (Fsp3) is 0.952. The third kappa shape index (κ3) is 2.26. The Morgan fingerprint density at radius 1 is 1.00 bits per heavy atom. The smallest absolute Gasteiger partial charge is 0.150 e. The summed E-state index contributed by atoms with van der Waals surface area (Å²) in [6.07, 6.45) is 10.6. The van der Waals surface area contributed by atoms with Crippen LogP contribution in [0.1, 0.15) is 71.6 Å². The van der Waals surface area contributed by atoms with Crippen LogP contribution in [0.4, 0.5) is 0 Å². The maximum absolute atomic E-state index is 12.4. The summed E-state index contributed by atoms with van der Waals surface area (Å²) in [5, 5.41) is 10.1. The quantitative estimate of drug-likeness (QED) is 0.812. The van der Waals surface area contributed by atoms with E-state index < -0.39 is 0 Å². The molecule has 0 aromatic rings. The van der Waals surface area contributed by atoms with Crippen LogP contribution in [0, 0.1) is 40.4 Å². The second kappa shape index (κ2) is 5.81. The summed E-state index contributed by atoms with van der Waals surface area (Å²) in [5.74, 6) is 3.58. The van der Waals surface area contributed by atoms with Crippen molar-refractivity contribution < 1.29 is 9.90 Å². The second-order valence-corrected chi connectivity index (χ2v) is 9.93. The van der Waals surface area contributed by atoms with Crippen LogP contribution in [0.15, 0.2) is 0 Å². The highest BCUT2D eigenvalue weighted by Gasteiger charge is 2.60. The Hall–Kier alpha value is -0.410. The molecule has 3 N–H and O–H groups in total. The third-order valence-electron chi connectivity index (χ3n) is 9.23. The van der Waals surface area contributed by atoms with Crippen molar-refractivity contribution in [3.05, 3.63) is 0 Å². The average Bonchev–Trinajstić information content (AvgIpc) is 2.92. The molecule has 0 aliphatic heterocycles. The summed E-state index contributed by atoms with van der Waals surface area (Å²) in [7, 11) is 0. The van der Waals surface area contributed by atoms with Gasteiger partial charge in [-0.1, -0.05) is 13.8 Å². The molecule has 8 atom stereocenters. The number of carbonyl (C=O) groups is 1. The van der Waals surface area contributed by atoms with Gasteiger partial charge >= 0.3 is 0 Å². The van der Waals surface area contributed by atoms with E-state index in [1.165, 1.54) is 38.5 Å². The Morgan fingerprint density at radius 2 is 1.71 bits per heavy atom. The van der Waals surface area contributed by atoms with Crippen molar-refractivity contribution in [1.82, 2.24) is 0 Å². The van der Waals surface area contributed by atoms with Gasteiger partial charge in [0.1, 0.15) is 5.78 Å². The number of nitrogens with two attached hydrogens (primary N) is 1. The monoisotopic (exact) mass is 333 g/mol. The summed E-state index contributed by atoms with van der Waals surface area (Å²) in [6.45, 7) is 5.15. The molecule has 4 aliphatic rings. The Balaban J connectivity index is 1.60. The summed E-state index contributed by atoms with van der Waals surface area (Å²) in [6, 6.07) is 0. The van der Waals surface area contributed by atoms with Crippen molar-refractivity contribution in [3.63, 3.8) is 0 Å². The molecule has 0 aromatic heterocycles. The van der Waals surface area contributed by atoms with E-state index in [2.05, 4.69) is 13.8 Å². The molecule has 0 radical (unpaired) electrons. The summed E-state index contributed by atoms with van der Waals surface area (Å²) < 4.78 is 0. The van der Waals surface area contributed by atoms with E-state index in [0.717, 1.165) is 42.9 Å². The van der Waals surface area contributed by atoms with Crippen molar-refractivity contribution in [3.8, 4) is 0 Å². The lowest BCUT2D eigenvalue weighted by Gasteiger charge is -2.60. The Morgan fingerprint density at radius 3 is 2.46 bits per heavy atom. The predicted octanol–water partition coefficient (Wildman–Crippen LogP) is 3.53. The lowest BCUT2D eigenvalue weighted by Crippen LogP contribution is -2.54. The SMILES string of the molecule is C[C@]12CC[C@H]3[C@@H](CCC4C[C@H](O)CC[C@@]43C)[C@@H]1CC[C@@H]2C(=O)CN. The van der Waals surface area contributed by atoms with Crippen LogP contribution in [0.5, 0.6) is 0 Å². The van der Waals surface area contributed by atoms with Crippen molar-refractivity contribution in [2.45, 2.75) is 77.7 Å². The van der Waals surface area contributed by atoms with Gasteiger partial charge in [0, 0.05) is 5.92 Å². The first kappa shape index (κ1) is 17.0. The highest BCUT2D eigenvalue weighted by atomic mass is 16.3. The largest absolute Gasteiger partial charge is 0.393 e. The number of aliphatic hydroxyl groups is 1. The van der Waals surface area contributed by atoms with Gasteiger partial charge in [-0.15, -0.1) is 0 Å². The molecule has 4 aliphatic carbocycles. The minimum Gasteiger partial charge on any atom is -0.393 e. The molecule has 4 fully saturated rings. The van der Waals surface area contributed by atoms with Crippen molar-refractivity contribution in [2.75, 3.05) is 6.54 Å². The van der Waals surface area contributed by atoms with Crippen LogP contribution in [0.2, 0.25) is 0 Å². The third-order valence-corrected chi connectivity index (χ3v) is 9.23. The van der Waals surface area contributed by atoms with Crippen molar-refractivity contribution in [1.29, 1.82) is 0 Å². The summed E-state index contributed by atoms with van der Waals surface area (Å²) in [4.78, 5) is 12.4. The minimum absolute atomic E-state index is 0.0634. The molecule has 1 unspecified atom stereocenters. The first-order chi connectivity index (χ1) is 11.4. The lowest BCUT2D eigenvalue weighted by atomic mass is 9.44. The summed E-state index contributed by atoms with van der Waals surface area (Å²) in [5.41, 5.74) is 6.35. The Labute approximate surface area is 146 Å². The fourth-order valence-corrected chi connectivity index (χ4v) is 7.91.